The minimum absolute atomic E-state index is 0.0367. The molecule has 1 unspecified atom stereocenters. The van der Waals surface area contributed by atoms with Crippen LogP contribution >= 0.6 is 0 Å². The molecular formula is C13H26N2O2. The third-order valence-electron chi connectivity index (χ3n) is 4.09. The number of methoxy groups -OCH3 is 1. The highest BCUT2D eigenvalue weighted by atomic mass is 16.5. The van der Waals surface area contributed by atoms with Gasteiger partial charge in [0.1, 0.15) is 5.60 Å². The van der Waals surface area contributed by atoms with Crippen molar-refractivity contribution in [2.75, 3.05) is 46.5 Å². The molecule has 0 bridgehead atoms. The summed E-state index contributed by atoms with van der Waals surface area (Å²) in [4.78, 5) is 2.53. The first-order valence-electron chi connectivity index (χ1n) is 6.86. The first kappa shape index (κ1) is 13.3. The number of nitrogens with one attached hydrogen (secondary N) is 1. The van der Waals surface area contributed by atoms with Crippen LogP contribution in [0.5, 0.6) is 0 Å². The molecule has 2 heterocycles. The number of rotatable bonds is 5. The maximum absolute atomic E-state index is 5.69. The van der Waals surface area contributed by atoms with E-state index in [2.05, 4.69) is 17.1 Å². The minimum Gasteiger partial charge on any atom is -0.378 e. The number of hydrogen-bond acceptors (Lipinski definition) is 4. The molecule has 2 rings (SSSR count). The summed E-state index contributed by atoms with van der Waals surface area (Å²) in [5, 5.41) is 3.54. The quantitative estimate of drug-likeness (QED) is 0.775. The second-order valence-corrected chi connectivity index (χ2v) is 5.30. The molecule has 17 heavy (non-hydrogen) atoms. The van der Waals surface area contributed by atoms with Crippen molar-refractivity contribution in [3.63, 3.8) is 0 Å². The second-order valence-electron chi connectivity index (χ2n) is 5.30. The van der Waals surface area contributed by atoms with E-state index in [0.29, 0.717) is 0 Å². The smallest absolute Gasteiger partial charge is 0.106 e. The van der Waals surface area contributed by atoms with Crippen molar-refractivity contribution < 1.29 is 9.47 Å². The molecule has 2 aliphatic rings. The van der Waals surface area contributed by atoms with Crippen molar-refractivity contribution in [2.45, 2.75) is 37.8 Å². The van der Waals surface area contributed by atoms with E-state index in [-0.39, 0.29) is 5.60 Å². The van der Waals surface area contributed by atoms with Crippen LogP contribution in [0.1, 0.15) is 26.2 Å². The van der Waals surface area contributed by atoms with Crippen LogP contribution in [-0.2, 0) is 9.47 Å². The van der Waals surface area contributed by atoms with E-state index in [4.69, 9.17) is 9.47 Å². The molecule has 1 atom stereocenters. The van der Waals surface area contributed by atoms with Crippen molar-refractivity contribution in [3.05, 3.63) is 0 Å². The van der Waals surface area contributed by atoms with E-state index < -0.39 is 0 Å². The SMILES string of the molecule is CCNC1CCN(CC2(OC)CCOC2)CC1. The predicted octanol–water partition coefficient (Wildman–Crippen LogP) is 0.866. The highest BCUT2D eigenvalue weighted by Crippen LogP contribution is 2.25. The van der Waals surface area contributed by atoms with E-state index >= 15 is 0 Å². The summed E-state index contributed by atoms with van der Waals surface area (Å²) in [6.07, 6.45) is 3.56. The van der Waals surface area contributed by atoms with Gasteiger partial charge in [0.05, 0.1) is 6.61 Å². The average molecular weight is 242 g/mol. The third kappa shape index (κ3) is 3.41. The maximum Gasteiger partial charge on any atom is 0.106 e. The first-order valence-corrected chi connectivity index (χ1v) is 6.86. The number of ether oxygens (including phenoxy) is 2. The van der Waals surface area contributed by atoms with Crippen LogP contribution in [0, 0.1) is 0 Å². The summed E-state index contributed by atoms with van der Waals surface area (Å²) in [7, 11) is 1.82. The number of hydrogen-bond donors (Lipinski definition) is 1. The Hall–Kier alpha value is -0.160. The van der Waals surface area contributed by atoms with Crippen molar-refractivity contribution >= 4 is 0 Å². The molecule has 2 aliphatic heterocycles. The Morgan fingerprint density at radius 1 is 1.41 bits per heavy atom. The molecule has 4 heteroatoms. The molecule has 0 aromatic heterocycles. The first-order chi connectivity index (χ1) is 8.28. The highest BCUT2D eigenvalue weighted by molar-refractivity contribution is 4.90. The Balaban J connectivity index is 1.77. The lowest BCUT2D eigenvalue weighted by atomic mass is 9.99. The standard InChI is InChI=1S/C13H26N2O2/c1-3-14-12-4-7-15(8-5-12)10-13(16-2)6-9-17-11-13/h12,14H,3-11H2,1-2H3. The molecule has 0 aromatic rings. The molecule has 100 valence electrons. The van der Waals surface area contributed by atoms with Gasteiger partial charge >= 0.3 is 0 Å². The maximum atomic E-state index is 5.69. The van der Waals surface area contributed by atoms with Gasteiger partial charge in [0.2, 0.25) is 0 Å². The van der Waals surface area contributed by atoms with E-state index in [0.717, 1.165) is 38.8 Å². The fraction of sp³-hybridized carbons (Fsp3) is 1.00. The van der Waals surface area contributed by atoms with Gasteiger partial charge in [-0.1, -0.05) is 6.92 Å². The van der Waals surface area contributed by atoms with Gasteiger partial charge in [-0.25, -0.2) is 0 Å². The zero-order valence-corrected chi connectivity index (χ0v) is 11.2. The van der Waals surface area contributed by atoms with Crippen LogP contribution in [0.4, 0.5) is 0 Å². The molecule has 0 aromatic carbocycles. The van der Waals surface area contributed by atoms with Crippen molar-refractivity contribution in [1.82, 2.24) is 10.2 Å². The van der Waals surface area contributed by atoms with E-state index in [1.165, 1.54) is 25.9 Å². The third-order valence-corrected chi connectivity index (χ3v) is 4.09. The molecule has 0 saturated carbocycles. The van der Waals surface area contributed by atoms with Crippen LogP contribution in [-0.4, -0.2) is 63.0 Å². The zero-order valence-electron chi connectivity index (χ0n) is 11.2. The van der Waals surface area contributed by atoms with Gasteiger partial charge in [-0.3, -0.25) is 0 Å². The lowest BCUT2D eigenvalue weighted by Gasteiger charge is -2.37. The summed E-state index contributed by atoms with van der Waals surface area (Å²) in [5.41, 5.74) is -0.0367. The number of likely N-dealkylation sites (tertiary alicyclic amines) is 1. The summed E-state index contributed by atoms with van der Waals surface area (Å²) in [5.74, 6) is 0. The van der Waals surface area contributed by atoms with Gasteiger partial charge in [0, 0.05) is 32.7 Å². The predicted molar refractivity (Wildman–Crippen MR) is 68.3 cm³/mol. The van der Waals surface area contributed by atoms with E-state index in [1.54, 1.807) is 0 Å². The zero-order chi connectivity index (χ0) is 12.1. The average Bonchev–Trinajstić information content (AvgIpc) is 2.81. The molecular weight excluding hydrogens is 216 g/mol. The molecule has 0 spiro atoms. The number of piperidine rings is 1. The van der Waals surface area contributed by atoms with Crippen molar-refractivity contribution in [3.8, 4) is 0 Å². The van der Waals surface area contributed by atoms with Gasteiger partial charge in [-0.2, -0.15) is 0 Å². The summed E-state index contributed by atoms with van der Waals surface area (Å²) >= 11 is 0. The van der Waals surface area contributed by atoms with E-state index in [1.807, 2.05) is 7.11 Å². The Morgan fingerprint density at radius 3 is 2.71 bits per heavy atom. The Kier molecular flexibility index (Phi) is 4.79. The molecule has 2 saturated heterocycles. The van der Waals surface area contributed by atoms with Crippen LogP contribution in [0.25, 0.3) is 0 Å². The summed E-state index contributed by atoms with van der Waals surface area (Å²) < 4.78 is 11.2. The molecule has 0 aliphatic carbocycles. The van der Waals surface area contributed by atoms with Gasteiger partial charge in [-0.15, -0.1) is 0 Å². The van der Waals surface area contributed by atoms with Crippen LogP contribution in [0.15, 0.2) is 0 Å². The Labute approximate surface area is 105 Å². The van der Waals surface area contributed by atoms with E-state index in [9.17, 15) is 0 Å². The van der Waals surface area contributed by atoms with Gasteiger partial charge in [0.15, 0.2) is 0 Å². The Morgan fingerprint density at radius 2 is 2.18 bits per heavy atom. The van der Waals surface area contributed by atoms with Crippen LogP contribution in [0.3, 0.4) is 0 Å². The Bertz CT molecular complexity index is 221. The lowest BCUT2D eigenvalue weighted by molar-refractivity contribution is -0.0447. The summed E-state index contributed by atoms with van der Waals surface area (Å²) in [6, 6.07) is 0.717. The van der Waals surface area contributed by atoms with Crippen molar-refractivity contribution in [2.24, 2.45) is 0 Å². The minimum atomic E-state index is -0.0367. The number of nitrogens with zero attached hydrogens (tertiary/aromatic N) is 1. The fourth-order valence-corrected chi connectivity index (χ4v) is 2.93. The normalized spacial score (nSPS) is 32.1. The molecule has 0 radical (unpaired) electrons. The topological polar surface area (TPSA) is 33.7 Å². The molecule has 0 amide bonds. The molecule has 2 fully saturated rings. The molecule has 4 nitrogen and oxygen atoms in total. The van der Waals surface area contributed by atoms with Gasteiger partial charge in [0.25, 0.3) is 0 Å². The van der Waals surface area contributed by atoms with Crippen LogP contribution < -0.4 is 5.32 Å². The summed E-state index contributed by atoms with van der Waals surface area (Å²) in [6.45, 7) is 8.27. The highest BCUT2D eigenvalue weighted by Gasteiger charge is 2.37. The van der Waals surface area contributed by atoms with Crippen molar-refractivity contribution in [1.29, 1.82) is 0 Å². The van der Waals surface area contributed by atoms with Gasteiger partial charge < -0.3 is 19.7 Å². The van der Waals surface area contributed by atoms with Crippen LogP contribution in [0.2, 0.25) is 0 Å². The fourth-order valence-electron chi connectivity index (χ4n) is 2.93. The van der Waals surface area contributed by atoms with Gasteiger partial charge in [-0.05, 0) is 32.5 Å². The largest absolute Gasteiger partial charge is 0.378 e. The lowest BCUT2D eigenvalue weighted by Crippen LogP contribution is -2.50. The second kappa shape index (κ2) is 6.14. The molecule has 1 N–H and O–H groups in total. The monoisotopic (exact) mass is 242 g/mol.